The van der Waals surface area contributed by atoms with E-state index in [0.29, 0.717) is 5.57 Å². The molecule has 0 heterocycles. The van der Waals surface area contributed by atoms with E-state index >= 15 is 0 Å². The second kappa shape index (κ2) is 7.49. The zero-order valence-electron chi connectivity index (χ0n) is 11.9. The third-order valence-corrected chi connectivity index (χ3v) is 2.69. The number of carbonyl (C=O) groups excluding carboxylic acids is 1. The molecular weight excluding hydrogens is 214 g/mol. The summed E-state index contributed by atoms with van der Waals surface area (Å²) in [6.07, 6.45) is 3.07. The minimum atomic E-state index is -0.301. The molecule has 0 saturated carbocycles. The molecule has 0 aliphatic rings. The van der Waals surface area contributed by atoms with Gasteiger partial charge in [-0.1, -0.05) is 19.9 Å². The standard InChI is InChI=1S/C14H27NO2/c1-7-9-14(5,6)15-10-8-12(4)17-13(16)11(2)3/h12,15H,2,7-10H2,1,3-6H3. The van der Waals surface area contributed by atoms with Gasteiger partial charge in [0.2, 0.25) is 0 Å². The van der Waals surface area contributed by atoms with Gasteiger partial charge in [0.1, 0.15) is 6.10 Å². The fourth-order valence-electron chi connectivity index (χ4n) is 1.67. The fraction of sp³-hybridized carbons (Fsp3) is 0.786. The molecule has 0 fully saturated rings. The van der Waals surface area contributed by atoms with Crippen molar-refractivity contribution in [2.45, 2.75) is 65.5 Å². The van der Waals surface area contributed by atoms with E-state index in [-0.39, 0.29) is 17.6 Å². The van der Waals surface area contributed by atoms with Gasteiger partial charge in [-0.05, 0) is 47.1 Å². The van der Waals surface area contributed by atoms with Crippen LogP contribution in [0.4, 0.5) is 0 Å². The molecule has 0 aromatic heterocycles. The van der Waals surface area contributed by atoms with E-state index in [9.17, 15) is 4.79 Å². The molecule has 1 atom stereocenters. The number of hydrogen-bond acceptors (Lipinski definition) is 3. The number of rotatable bonds is 8. The SMILES string of the molecule is C=C(C)C(=O)OC(C)CCNC(C)(C)CCC. The highest BCUT2D eigenvalue weighted by molar-refractivity contribution is 5.87. The number of nitrogens with one attached hydrogen (secondary N) is 1. The van der Waals surface area contributed by atoms with E-state index in [1.54, 1.807) is 6.92 Å². The molecule has 3 nitrogen and oxygen atoms in total. The summed E-state index contributed by atoms with van der Waals surface area (Å²) in [5, 5.41) is 3.48. The normalized spacial score (nSPS) is 13.2. The number of carbonyl (C=O) groups is 1. The number of hydrogen-bond donors (Lipinski definition) is 1. The van der Waals surface area contributed by atoms with Crippen LogP contribution in [-0.2, 0) is 9.53 Å². The third-order valence-electron chi connectivity index (χ3n) is 2.69. The van der Waals surface area contributed by atoms with Gasteiger partial charge in [0.25, 0.3) is 0 Å². The maximum absolute atomic E-state index is 11.3. The highest BCUT2D eigenvalue weighted by atomic mass is 16.5. The Balaban J connectivity index is 3.82. The summed E-state index contributed by atoms with van der Waals surface area (Å²) in [7, 11) is 0. The average molecular weight is 241 g/mol. The van der Waals surface area contributed by atoms with Crippen LogP contribution in [0.5, 0.6) is 0 Å². The maximum atomic E-state index is 11.3. The molecule has 0 aromatic rings. The highest BCUT2D eigenvalue weighted by Crippen LogP contribution is 2.11. The summed E-state index contributed by atoms with van der Waals surface area (Å²) in [5.74, 6) is -0.301. The van der Waals surface area contributed by atoms with Crippen molar-refractivity contribution in [1.82, 2.24) is 5.32 Å². The van der Waals surface area contributed by atoms with Gasteiger partial charge in [0.15, 0.2) is 0 Å². The molecule has 0 amide bonds. The van der Waals surface area contributed by atoms with Crippen molar-refractivity contribution in [3.63, 3.8) is 0 Å². The topological polar surface area (TPSA) is 38.3 Å². The van der Waals surface area contributed by atoms with Crippen LogP contribution >= 0.6 is 0 Å². The molecule has 0 aliphatic heterocycles. The Hall–Kier alpha value is -0.830. The van der Waals surface area contributed by atoms with E-state index in [2.05, 4.69) is 32.7 Å². The van der Waals surface area contributed by atoms with Crippen molar-refractivity contribution < 1.29 is 9.53 Å². The lowest BCUT2D eigenvalue weighted by Crippen LogP contribution is -2.40. The van der Waals surface area contributed by atoms with Crippen LogP contribution in [0, 0.1) is 0 Å². The summed E-state index contributed by atoms with van der Waals surface area (Å²) in [6.45, 7) is 14.6. The minimum Gasteiger partial charge on any atom is -0.459 e. The highest BCUT2D eigenvalue weighted by Gasteiger charge is 2.16. The first kappa shape index (κ1) is 16.2. The average Bonchev–Trinajstić information content (AvgIpc) is 2.16. The molecule has 100 valence electrons. The molecule has 3 heteroatoms. The molecule has 0 bridgehead atoms. The lowest BCUT2D eigenvalue weighted by molar-refractivity contribution is -0.143. The maximum Gasteiger partial charge on any atom is 0.333 e. The Morgan fingerprint density at radius 3 is 2.53 bits per heavy atom. The molecule has 0 saturated heterocycles. The van der Waals surface area contributed by atoms with Gasteiger partial charge in [-0.25, -0.2) is 4.79 Å². The second-order valence-electron chi connectivity index (χ2n) is 5.35. The minimum absolute atomic E-state index is 0.0656. The van der Waals surface area contributed by atoms with Crippen molar-refractivity contribution >= 4 is 5.97 Å². The molecule has 0 rings (SSSR count). The zero-order chi connectivity index (χ0) is 13.5. The molecule has 1 unspecified atom stereocenters. The van der Waals surface area contributed by atoms with Gasteiger partial charge in [-0.15, -0.1) is 0 Å². The quantitative estimate of drug-likeness (QED) is 0.524. The van der Waals surface area contributed by atoms with E-state index in [1.807, 2.05) is 6.92 Å². The Bertz CT molecular complexity index is 259. The van der Waals surface area contributed by atoms with E-state index < -0.39 is 0 Å². The molecule has 0 aromatic carbocycles. The van der Waals surface area contributed by atoms with Crippen LogP contribution in [0.1, 0.15) is 53.9 Å². The Morgan fingerprint density at radius 2 is 2.06 bits per heavy atom. The Kier molecular flexibility index (Phi) is 7.12. The van der Waals surface area contributed by atoms with E-state index in [4.69, 9.17) is 4.74 Å². The first-order valence-corrected chi connectivity index (χ1v) is 6.40. The van der Waals surface area contributed by atoms with Gasteiger partial charge in [-0.3, -0.25) is 0 Å². The van der Waals surface area contributed by atoms with Crippen LogP contribution in [0.15, 0.2) is 12.2 Å². The molecule has 0 spiro atoms. The van der Waals surface area contributed by atoms with Gasteiger partial charge >= 0.3 is 5.97 Å². The van der Waals surface area contributed by atoms with E-state index in [0.717, 1.165) is 19.4 Å². The number of esters is 1. The van der Waals surface area contributed by atoms with Crippen molar-refractivity contribution in [2.75, 3.05) is 6.54 Å². The largest absolute Gasteiger partial charge is 0.459 e. The van der Waals surface area contributed by atoms with Gasteiger partial charge in [-0.2, -0.15) is 0 Å². The van der Waals surface area contributed by atoms with Crippen molar-refractivity contribution in [3.8, 4) is 0 Å². The lowest BCUT2D eigenvalue weighted by atomic mass is 9.99. The molecule has 0 radical (unpaired) electrons. The van der Waals surface area contributed by atoms with Crippen LogP contribution in [0.2, 0.25) is 0 Å². The summed E-state index contributed by atoms with van der Waals surface area (Å²) < 4.78 is 5.21. The van der Waals surface area contributed by atoms with Crippen LogP contribution < -0.4 is 5.32 Å². The predicted octanol–water partition coefficient (Wildman–Crippen LogP) is 3.05. The summed E-state index contributed by atoms with van der Waals surface area (Å²) in [5.41, 5.74) is 0.614. The first-order valence-electron chi connectivity index (χ1n) is 6.40. The molecule has 0 aliphatic carbocycles. The lowest BCUT2D eigenvalue weighted by Gasteiger charge is -2.26. The summed E-state index contributed by atoms with van der Waals surface area (Å²) in [4.78, 5) is 11.3. The Morgan fingerprint density at radius 1 is 1.47 bits per heavy atom. The molecule has 17 heavy (non-hydrogen) atoms. The zero-order valence-corrected chi connectivity index (χ0v) is 11.9. The molecule has 1 N–H and O–H groups in total. The molecular formula is C14H27NO2. The van der Waals surface area contributed by atoms with Crippen molar-refractivity contribution in [2.24, 2.45) is 0 Å². The fourth-order valence-corrected chi connectivity index (χ4v) is 1.67. The van der Waals surface area contributed by atoms with Gasteiger partial charge < -0.3 is 10.1 Å². The smallest absolute Gasteiger partial charge is 0.333 e. The van der Waals surface area contributed by atoms with Crippen LogP contribution in [0.25, 0.3) is 0 Å². The van der Waals surface area contributed by atoms with Crippen LogP contribution in [0.3, 0.4) is 0 Å². The second-order valence-corrected chi connectivity index (χ2v) is 5.35. The van der Waals surface area contributed by atoms with Gasteiger partial charge in [0, 0.05) is 11.1 Å². The predicted molar refractivity (Wildman–Crippen MR) is 72.0 cm³/mol. The van der Waals surface area contributed by atoms with Crippen molar-refractivity contribution in [1.29, 1.82) is 0 Å². The monoisotopic (exact) mass is 241 g/mol. The Labute approximate surface area is 106 Å². The summed E-state index contributed by atoms with van der Waals surface area (Å²) >= 11 is 0. The van der Waals surface area contributed by atoms with Crippen LogP contribution in [-0.4, -0.2) is 24.2 Å². The van der Waals surface area contributed by atoms with Gasteiger partial charge in [0.05, 0.1) is 0 Å². The van der Waals surface area contributed by atoms with Crippen molar-refractivity contribution in [3.05, 3.63) is 12.2 Å². The number of ether oxygens (including phenoxy) is 1. The third kappa shape index (κ3) is 7.97. The first-order chi connectivity index (χ1) is 7.78. The summed E-state index contributed by atoms with van der Waals surface area (Å²) in [6, 6.07) is 0. The van der Waals surface area contributed by atoms with E-state index in [1.165, 1.54) is 6.42 Å².